The van der Waals surface area contributed by atoms with Crippen LogP contribution >= 0.6 is 0 Å². The minimum absolute atomic E-state index is 0.686. The summed E-state index contributed by atoms with van der Waals surface area (Å²) in [5.74, 6) is 1.38. The molecule has 88 valence electrons. The highest BCUT2D eigenvalue weighted by Crippen LogP contribution is 2.18. The Morgan fingerprint density at radius 3 is 2.56 bits per heavy atom. The Balaban J connectivity index is 1.97. The molecule has 0 aliphatic rings. The average Bonchev–Trinajstić information content (AvgIpc) is 2.90. The second-order valence-corrected chi connectivity index (χ2v) is 4.09. The molecular formula is C14H12N4. The van der Waals surface area contributed by atoms with E-state index in [1.807, 2.05) is 42.5 Å². The molecular weight excluding hydrogens is 224 g/mol. The summed E-state index contributed by atoms with van der Waals surface area (Å²) < 4.78 is 0. The standard InChI is InChI=1S/C14H12N4/c1-10-5-7-11(8-6-10)13-16-14(18-17-13)12-4-2-3-9-15-12/h2-9H,1H3,(H,16,17,18). The lowest BCUT2D eigenvalue weighted by atomic mass is 10.1. The summed E-state index contributed by atoms with van der Waals surface area (Å²) in [5.41, 5.74) is 3.02. The van der Waals surface area contributed by atoms with Gasteiger partial charge in [-0.3, -0.25) is 10.1 Å². The average molecular weight is 236 g/mol. The molecule has 3 aromatic rings. The summed E-state index contributed by atoms with van der Waals surface area (Å²) in [6, 6.07) is 13.8. The molecule has 0 bridgehead atoms. The van der Waals surface area contributed by atoms with Crippen LogP contribution in [-0.4, -0.2) is 20.2 Å². The van der Waals surface area contributed by atoms with Crippen molar-refractivity contribution in [3.8, 4) is 22.9 Å². The van der Waals surface area contributed by atoms with Crippen LogP contribution in [0.4, 0.5) is 0 Å². The van der Waals surface area contributed by atoms with Gasteiger partial charge < -0.3 is 0 Å². The monoisotopic (exact) mass is 236 g/mol. The fourth-order valence-electron chi connectivity index (χ4n) is 1.71. The highest BCUT2D eigenvalue weighted by Gasteiger charge is 2.07. The van der Waals surface area contributed by atoms with E-state index in [2.05, 4.69) is 27.1 Å². The zero-order valence-corrected chi connectivity index (χ0v) is 9.96. The summed E-state index contributed by atoms with van der Waals surface area (Å²) in [4.78, 5) is 8.69. The Labute approximate surface area is 105 Å². The van der Waals surface area contributed by atoms with Gasteiger partial charge in [-0.15, -0.1) is 0 Å². The number of pyridine rings is 1. The number of aromatic amines is 1. The lowest BCUT2D eigenvalue weighted by molar-refractivity contribution is 1.09. The number of rotatable bonds is 2. The lowest BCUT2D eigenvalue weighted by Gasteiger charge is -1.95. The second-order valence-electron chi connectivity index (χ2n) is 4.09. The Morgan fingerprint density at radius 1 is 1.00 bits per heavy atom. The van der Waals surface area contributed by atoms with Crippen molar-refractivity contribution < 1.29 is 0 Å². The van der Waals surface area contributed by atoms with Gasteiger partial charge in [0.05, 0.1) is 0 Å². The fraction of sp³-hybridized carbons (Fsp3) is 0.0714. The number of nitrogens with zero attached hydrogens (tertiary/aromatic N) is 3. The quantitative estimate of drug-likeness (QED) is 0.744. The van der Waals surface area contributed by atoms with Crippen LogP contribution in [0.5, 0.6) is 0 Å². The number of aryl methyl sites for hydroxylation is 1. The Hall–Kier alpha value is -2.49. The predicted molar refractivity (Wildman–Crippen MR) is 69.8 cm³/mol. The van der Waals surface area contributed by atoms with Crippen LogP contribution in [0, 0.1) is 6.92 Å². The zero-order chi connectivity index (χ0) is 12.4. The van der Waals surface area contributed by atoms with E-state index < -0.39 is 0 Å². The Morgan fingerprint density at radius 2 is 1.83 bits per heavy atom. The number of hydrogen-bond acceptors (Lipinski definition) is 3. The van der Waals surface area contributed by atoms with E-state index >= 15 is 0 Å². The molecule has 0 atom stereocenters. The van der Waals surface area contributed by atoms with Crippen LogP contribution in [0.1, 0.15) is 5.56 Å². The van der Waals surface area contributed by atoms with Crippen molar-refractivity contribution in [3.05, 3.63) is 54.2 Å². The van der Waals surface area contributed by atoms with Crippen molar-refractivity contribution in [2.45, 2.75) is 6.92 Å². The predicted octanol–water partition coefficient (Wildman–Crippen LogP) is 2.84. The Kier molecular flexibility index (Phi) is 2.61. The first-order chi connectivity index (χ1) is 8.83. The number of hydrogen-bond donors (Lipinski definition) is 1. The minimum atomic E-state index is 0.686. The summed E-state index contributed by atoms with van der Waals surface area (Å²) in [6.45, 7) is 2.06. The number of aromatic nitrogens is 4. The molecule has 0 unspecified atom stereocenters. The van der Waals surface area contributed by atoms with Gasteiger partial charge in [-0.1, -0.05) is 35.9 Å². The van der Waals surface area contributed by atoms with E-state index in [9.17, 15) is 0 Å². The van der Waals surface area contributed by atoms with E-state index in [1.165, 1.54) is 5.56 Å². The summed E-state index contributed by atoms with van der Waals surface area (Å²) >= 11 is 0. The molecule has 4 nitrogen and oxygen atoms in total. The van der Waals surface area contributed by atoms with Gasteiger partial charge in [0.1, 0.15) is 5.69 Å². The van der Waals surface area contributed by atoms with Crippen LogP contribution in [0.25, 0.3) is 22.9 Å². The molecule has 1 N–H and O–H groups in total. The first-order valence-corrected chi connectivity index (χ1v) is 5.74. The molecule has 0 aliphatic heterocycles. The summed E-state index contributed by atoms with van der Waals surface area (Å²) in [5, 5.41) is 7.13. The van der Waals surface area contributed by atoms with Crippen LogP contribution in [0.3, 0.4) is 0 Å². The van der Waals surface area contributed by atoms with E-state index in [0.717, 1.165) is 11.3 Å². The van der Waals surface area contributed by atoms with Gasteiger partial charge in [-0.2, -0.15) is 5.10 Å². The van der Waals surface area contributed by atoms with Gasteiger partial charge in [0.25, 0.3) is 0 Å². The van der Waals surface area contributed by atoms with Crippen molar-refractivity contribution in [2.24, 2.45) is 0 Å². The number of H-pyrrole nitrogens is 1. The van der Waals surface area contributed by atoms with Crippen molar-refractivity contribution in [3.63, 3.8) is 0 Å². The third-order valence-corrected chi connectivity index (χ3v) is 2.70. The van der Waals surface area contributed by atoms with Gasteiger partial charge in [0, 0.05) is 11.8 Å². The number of benzene rings is 1. The third-order valence-electron chi connectivity index (χ3n) is 2.70. The molecule has 0 spiro atoms. The highest BCUT2D eigenvalue weighted by molar-refractivity contribution is 5.59. The highest BCUT2D eigenvalue weighted by atomic mass is 15.2. The van der Waals surface area contributed by atoms with Crippen LogP contribution in [-0.2, 0) is 0 Å². The normalized spacial score (nSPS) is 10.5. The molecule has 1 aromatic carbocycles. The van der Waals surface area contributed by atoms with Gasteiger partial charge in [-0.25, -0.2) is 4.98 Å². The summed E-state index contributed by atoms with van der Waals surface area (Å²) in [7, 11) is 0. The Bertz CT molecular complexity index is 641. The molecule has 2 aromatic heterocycles. The van der Waals surface area contributed by atoms with Crippen LogP contribution < -0.4 is 0 Å². The SMILES string of the molecule is Cc1ccc(-c2n[nH]c(-c3ccccn3)n2)cc1. The molecule has 2 heterocycles. The van der Waals surface area contributed by atoms with Crippen molar-refractivity contribution in [2.75, 3.05) is 0 Å². The first-order valence-electron chi connectivity index (χ1n) is 5.74. The van der Waals surface area contributed by atoms with E-state index in [-0.39, 0.29) is 0 Å². The smallest absolute Gasteiger partial charge is 0.181 e. The maximum Gasteiger partial charge on any atom is 0.181 e. The third kappa shape index (κ3) is 2.00. The minimum Gasteiger partial charge on any atom is -0.257 e. The van der Waals surface area contributed by atoms with Crippen molar-refractivity contribution in [1.82, 2.24) is 20.2 Å². The fourth-order valence-corrected chi connectivity index (χ4v) is 1.71. The van der Waals surface area contributed by atoms with Crippen molar-refractivity contribution in [1.29, 1.82) is 0 Å². The molecule has 0 aliphatic carbocycles. The summed E-state index contributed by atoms with van der Waals surface area (Å²) in [6.07, 6.45) is 1.74. The topological polar surface area (TPSA) is 54.5 Å². The van der Waals surface area contributed by atoms with Gasteiger partial charge in [0.2, 0.25) is 0 Å². The lowest BCUT2D eigenvalue weighted by Crippen LogP contribution is -1.84. The van der Waals surface area contributed by atoms with E-state index in [4.69, 9.17) is 0 Å². The first kappa shape index (κ1) is 10.7. The van der Waals surface area contributed by atoms with Gasteiger partial charge in [0.15, 0.2) is 11.6 Å². The molecule has 0 amide bonds. The van der Waals surface area contributed by atoms with Gasteiger partial charge >= 0.3 is 0 Å². The second kappa shape index (κ2) is 4.41. The van der Waals surface area contributed by atoms with Crippen molar-refractivity contribution >= 4 is 0 Å². The molecule has 4 heteroatoms. The number of nitrogens with one attached hydrogen (secondary N) is 1. The molecule has 0 saturated heterocycles. The zero-order valence-electron chi connectivity index (χ0n) is 9.96. The molecule has 18 heavy (non-hydrogen) atoms. The maximum absolute atomic E-state index is 4.45. The molecule has 0 radical (unpaired) electrons. The van der Waals surface area contributed by atoms with Gasteiger partial charge in [-0.05, 0) is 19.1 Å². The molecule has 3 rings (SSSR count). The van der Waals surface area contributed by atoms with E-state index in [1.54, 1.807) is 6.20 Å². The largest absolute Gasteiger partial charge is 0.257 e. The van der Waals surface area contributed by atoms with E-state index in [0.29, 0.717) is 11.6 Å². The molecule has 0 saturated carbocycles. The maximum atomic E-state index is 4.45. The molecule has 0 fully saturated rings. The van der Waals surface area contributed by atoms with Crippen LogP contribution in [0.15, 0.2) is 48.7 Å². The van der Waals surface area contributed by atoms with Crippen LogP contribution in [0.2, 0.25) is 0 Å².